The van der Waals surface area contributed by atoms with Crippen molar-refractivity contribution in [1.29, 1.82) is 0 Å². The lowest BCUT2D eigenvalue weighted by molar-refractivity contribution is -0.506. The van der Waals surface area contributed by atoms with E-state index >= 15 is 0 Å². The number of nitrogens with zero attached hydrogens (tertiary/aromatic N) is 3. The summed E-state index contributed by atoms with van der Waals surface area (Å²) in [7, 11) is 0. The van der Waals surface area contributed by atoms with Gasteiger partial charge in [-0.3, -0.25) is 9.80 Å². The molecule has 1 fully saturated rings. The zero-order valence-corrected chi connectivity index (χ0v) is 13.8. The van der Waals surface area contributed by atoms with Gasteiger partial charge in [-0.1, -0.05) is 40.9 Å². The van der Waals surface area contributed by atoms with E-state index in [0.29, 0.717) is 12.1 Å². The van der Waals surface area contributed by atoms with Gasteiger partial charge in [0.05, 0.1) is 0 Å². The number of likely N-dealkylation sites (N-methyl/N-ethyl adjacent to an activating group) is 2. The topological polar surface area (TPSA) is 9.49 Å². The molecule has 114 valence electrons. The van der Waals surface area contributed by atoms with E-state index in [2.05, 4.69) is 55.2 Å². The summed E-state index contributed by atoms with van der Waals surface area (Å²) in [5, 5.41) is 0. The molecule has 0 aromatic rings. The molecule has 20 heavy (non-hydrogen) atoms. The van der Waals surface area contributed by atoms with Gasteiger partial charge >= 0.3 is 0 Å². The van der Waals surface area contributed by atoms with Gasteiger partial charge in [0.25, 0.3) is 0 Å². The van der Waals surface area contributed by atoms with Gasteiger partial charge in [0.15, 0.2) is 18.8 Å². The number of rotatable bonds is 10. The summed E-state index contributed by atoms with van der Waals surface area (Å²) in [6.45, 7) is 23.1. The van der Waals surface area contributed by atoms with E-state index in [1.54, 1.807) is 5.71 Å². The van der Waals surface area contributed by atoms with Crippen LogP contribution in [0.2, 0.25) is 0 Å². The molecule has 0 radical (unpaired) electrons. The Labute approximate surface area is 125 Å². The summed E-state index contributed by atoms with van der Waals surface area (Å²) in [6.07, 6.45) is 3.99. The molecule has 0 N–H and O–H groups in total. The molecule has 1 aliphatic rings. The molecule has 0 heterocycles. The quantitative estimate of drug-likeness (QED) is 0.448. The van der Waals surface area contributed by atoms with Gasteiger partial charge in [0, 0.05) is 0 Å². The molecule has 1 rings (SSSR count). The fraction of sp³-hybridized carbons (Fsp3) is 0.706. The Hall–Kier alpha value is -0.930. The fourth-order valence-electron chi connectivity index (χ4n) is 3.20. The second-order valence-electron chi connectivity index (χ2n) is 5.24. The molecule has 2 unspecified atom stereocenters. The van der Waals surface area contributed by atoms with Crippen molar-refractivity contribution >= 4 is 5.71 Å². The maximum atomic E-state index is 3.90. The molecule has 2 atom stereocenters. The van der Waals surface area contributed by atoms with Crippen LogP contribution >= 0.6 is 0 Å². The third-order valence-corrected chi connectivity index (χ3v) is 4.27. The minimum Gasteiger partial charge on any atom is -0.290 e. The van der Waals surface area contributed by atoms with Crippen molar-refractivity contribution in [2.24, 2.45) is 0 Å². The Kier molecular flexibility index (Phi) is 7.17. The summed E-state index contributed by atoms with van der Waals surface area (Å²) < 4.78 is 2.44. The fourth-order valence-corrected chi connectivity index (χ4v) is 3.20. The average molecular weight is 278 g/mol. The van der Waals surface area contributed by atoms with Gasteiger partial charge < -0.3 is 0 Å². The van der Waals surface area contributed by atoms with Gasteiger partial charge in [0.2, 0.25) is 0 Å². The largest absolute Gasteiger partial charge is 0.290 e. The zero-order valence-electron chi connectivity index (χ0n) is 13.8. The van der Waals surface area contributed by atoms with E-state index < -0.39 is 0 Å². The normalized spacial score (nSPS) is 21.4. The molecule has 1 saturated carbocycles. The summed E-state index contributed by atoms with van der Waals surface area (Å²) in [5.41, 5.74) is 1.55. The Morgan fingerprint density at radius 3 is 1.45 bits per heavy atom. The first kappa shape index (κ1) is 17.1. The van der Waals surface area contributed by atoms with Crippen LogP contribution in [-0.4, -0.2) is 71.4 Å². The van der Waals surface area contributed by atoms with Crippen LogP contribution in [0.1, 0.15) is 27.7 Å². The van der Waals surface area contributed by atoms with Crippen LogP contribution in [0.5, 0.6) is 0 Å². The monoisotopic (exact) mass is 278 g/mol. The molecular weight excluding hydrogens is 246 g/mol. The predicted octanol–water partition coefficient (Wildman–Crippen LogP) is 2.25. The van der Waals surface area contributed by atoms with Crippen molar-refractivity contribution in [1.82, 2.24) is 9.80 Å². The lowest BCUT2D eigenvalue weighted by atomic mass is 10.4. The van der Waals surface area contributed by atoms with Crippen molar-refractivity contribution in [2.45, 2.75) is 39.8 Å². The lowest BCUT2D eigenvalue weighted by Crippen LogP contribution is -2.34. The molecule has 3 heteroatoms. The molecule has 0 bridgehead atoms. The van der Waals surface area contributed by atoms with E-state index in [1.165, 1.54) is 0 Å². The van der Waals surface area contributed by atoms with Crippen LogP contribution in [0.4, 0.5) is 0 Å². The van der Waals surface area contributed by atoms with Crippen LogP contribution in [0.25, 0.3) is 0 Å². The van der Waals surface area contributed by atoms with Gasteiger partial charge in [-0.15, -0.1) is 0 Å². The molecule has 0 saturated heterocycles. The number of hydrogen-bond donors (Lipinski definition) is 0. The van der Waals surface area contributed by atoms with E-state index in [9.17, 15) is 0 Å². The third kappa shape index (κ3) is 3.58. The Morgan fingerprint density at radius 2 is 1.20 bits per heavy atom. The first-order valence-electron chi connectivity index (χ1n) is 8.01. The van der Waals surface area contributed by atoms with Gasteiger partial charge in [0.1, 0.15) is 12.1 Å². The smallest absolute Gasteiger partial charge is 0.192 e. The van der Waals surface area contributed by atoms with Crippen LogP contribution in [0.15, 0.2) is 25.3 Å². The Balaban J connectivity index is 3.07. The van der Waals surface area contributed by atoms with Crippen LogP contribution in [-0.2, 0) is 0 Å². The minimum atomic E-state index is 0.574. The molecule has 0 aromatic heterocycles. The van der Waals surface area contributed by atoms with Crippen LogP contribution < -0.4 is 0 Å². The van der Waals surface area contributed by atoms with E-state index in [-0.39, 0.29) is 0 Å². The third-order valence-electron chi connectivity index (χ3n) is 4.27. The van der Waals surface area contributed by atoms with Crippen molar-refractivity contribution in [3.63, 3.8) is 0 Å². The predicted molar refractivity (Wildman–Crippen MR) is 88.8 cm³/mol. The SMILES string of the molecule is C=CC[N+](CC=C)=C1C(N(CC)CC)C1N(CC)CC. The number of hydrogen-bond acceptors (Lipinski definition) is 2. The van der Waals surface area contributed by atoms with Crippen molar-refractivity contribution in [2.75, 3.05) is 39.3 Å². The van der Waals surface area contributed by atoms with Gasteiger partial charge in [-0.05, 0) is 38.3 Å². The molecule has 0 aromatic carbocycles. The summed E-state index contributed by atoms with van der Waals surface area (Å²) in [5.74, 6) is 0. The van der Waals surface area contributed by atoms with Crippen LogP contribution in [0.3, 0.4) is 0 Å². The highest BCUT2D eigenvalue weighted by atomic mass is 15.3. The summed E-state index contributed by atoms with van der Waals surface area (Å²) in [4.78, 5) is 5.13. The van der Waals surface area contributed by atoms with Gasteiger partial charge in [-0.2, -0.15) is 0 Å². The maximum absolute atomic E-state index is 3.90. The highest BCUT2D eigenvalue weighted by Gasteiger charge is 2.58. The summed E-state index contributed by atoms with van der Waals surface area (Å²) >= 11 is 0. The first-order valence-corrected chi connectivity index (χ1v) is 8.01. The second-order valence-corrected chi connectivity index (χ2v) is 5.24. The van der Waals surface area contributed by atoms with E-state index in [4.69, 9.17) is 0 Å². The van der Waals surface area contributed by atoms with Crippen molar-refractivity contribution in [3.8, 4) is 0 Å². The molecule has 0 spiro atoms. The molecule has 1 aliphatic carbocycles. The van der Waals surface area contributed by atoms with Crippen molar-refractivity contribution < 1.29 is 4.58 Å². The average Bonchev–Trinajstić information content (AvgIpc) is 3.17. The van der Waals surface area contributed by atoms with Crippen LogP contribution in [0, 0.1) is 0 Å². The maximum Gasteiger partial charge on any atom is 0.192 e. The standard InChI is InChI=1S/C17H32N3/c1-7-13-20(14-8-2)17-15(18(9-3)10-4)16(17)19(11-5)12-6/h7-8,15-16H,1-2,9-14H2,3-6H3/q+1. The highest BCUT2D eigenvalue weighted by molar-refractivity contribution is 6.08. The van der Waals surface area contributed by atoms with Gasteiger partial charge in [-0.25, -0.2) is 4.58 Å². The van der Waals surface area contributed by atoms with Crippen molar-refractivity contribution in [3.05, 3.63) is 25.3 Å². The first-order chi connectivity index (χ1) is 9.69. The molecule has 0 amide bonds. The minimum absolute atomic E-state index is 0.574. The zero-order chi connectivity index (χ0) is 15.1. The highest BCUT2D eigenvalue weighted by Crippen LogP contribution is 2.30. The summed E-state index contributed by atoms with van der Waals surface area (Å²) in [6, 6.07) is 1.15. The second kappa shape index (κ2) is 8.38. The van der Waals surface area contributed by atoms with E-state index in [0.717, 1.165) is 39.3 Å². The Bertz CT molecular complexity index is 319. The molecule has 3 nitrogen and oxygen atoms in total. The molecular formula is C17H32N3+. The Morgan fingerprint density at radius 1 is 0.850 bits per heavy atom. The lowest BCUT2D eigenvalue weighted by Gasteiger charge is -2.20. The van der Waals surface area contributed by atoms with E-state index in [1.807, 2.05) is 12.2 Å². The molecule has 0 aliphatic heterocycles.